The Labute approximate surface area is 123 Å². The number of rotatable bonds is 4. The average Bonchev–Trinajstić information content (AvgIpc) is 2.97. The minimum Gasteiger partial charge on any atom is -0.308 e. The fourth-order valence-corrected chi connectivity index (χ4v) is 4.35. The molecular formula is C14H12BrNS2. The van der Waals surface area contributed by atoms with Crippen LogP contribution in [0.25, 0.3) is 10.1 Å². The zero-order valence-corrected chi connectivity index (χ0v) is 12.9. The summed E-state index contributed by atoms with van der Waals surface area (Å²) >= 11 is 7.09. The van der Waals surface area contributed by atoms with Crippen LogP contribution in [-0.4, -0.2) is 0 Å². The van der Waals surface area contributed by atoms with Crippen molar-refractivity contribution in [2.45, 2.75) is 13.1 Å². The van der Waals surface area contributed by atoms with Gasteiger partial charge in [-0.05, 0) is 50.5 Å². The second kappa shape index (κ2) is 5.53. The molecule has 0 aliphatic carbocycles. The molecule has 0 bridgehead atoms. The van der Waals surface area contributed by atoms with Gasteiger partial charge < -0.3 is 5.32 Å². The van der Waals surface area contributed by atoms with E-state index < -0.39 is 0 Å². The van der Waals surface area contributed by atoms with E-state index in [4.69, 9.17) is 0 Å². The quantitative estimate of drug-likeness (QED) is 0.705. The largest absolute Gasteiger partial charge is 0.308 e. The number of thiophene rings is 2. The molecule has 0 saturated carbocycles. The van der Waals surface area contributed by atoms with Gasteiger partial charge in [0.1, 0.15) is 0 Å². The van der Waals surface area contributed by atoms with Crippen molar-refractivity contribution < 1.29 is 0 Å². The Morgan fingerprint density at radius 1 is 1.06 bits per heavy atom. The predicted octanol–water partition coefficient (Wildman–Crippen LogP) is 5.02. The second-order valence-electron chi connectivity index (χ2n) is 4.07. The molecule has 2 heterocycles. The maximum atomic E-state index is 3.51. The van der Waals surface area contributed by atoms with E-state index >= 15 is 0 Å². The van der Waals surface area contributed by atoms with E-state index in [0.29, 0.717) is 0 Å². The summed E-state index contributed by atoms with van der Waals surface area (Å²) in [6.45, 7) is 1.86. The molecule has 0 unspecified atom stereocenters. The van der Waals surface area contributed by atoms with Crippen LogP contribution in [0.15, 0.2) is 45.6 Å². The van der Waals surface area contributed by atoms with Crippen molar-refractivity contribution in [2.75, 3.05) is 0 Å². The smallest absolute Gasteiger partial charge is 0.0701 e. The molecule has 0 aliphatic rings. The maximum Gasteiger partial charge on any atom is 0.0701 e. The molecule has 1 N–H and O–H groups in total. The Bertz CT molecular complexity index is 656. The lowest BCUT2D eigenvalue weighted by Gasteiger charge is -2.02. The first-order chi connectivity index (χ1) is 8.83. The summed E-state index contributed by atoms with van der Waals surface area (Å²) in [6.07, 6.45) is 0. The molecule has 0 amide bonds. The Balaban J connectivity index is 1.66. The minimum absolute atomic E-state index is 0.930. The zero-order valence-electron chi connectivity index (χ0n) is 9.65. The standard InChI is InChI=1S/C14H12BrNS2/c15-14-6-5-11(18-14)8-16-7-10-9-17-13-4-2-1-3-12(10)13/h1-6,9,16H,7-8H2. The molecule has 0 atom stereocenters. The maximum absolute atomic E-state index is 3.51. The van der Waals surface area contributed by atoms with E-state index in [2.05, 4.69) is 63.0 Å². The Hall–Kier alpha value is -0.680. The van der Waals surface area contributed by atoms with E-state index in [9.17, 15) is 0 Å². The van der Waals surface area contributed by atoms with Crippen LogP contribution in [-0.2, 0) is 13.1 Å². The summed E-state index contributed by atoms with van der Waals surface area (Å²) in [6, 6.07) is 12.8. The highest BCUT2D eigenvalue weighted by atomic mass is 79.9. The van der Waals surface area contributed by atoms with Crippen molar-refractivity contribution in [2.24, 2.45) is 0 Å². The van der Waals surface area contributed by atoms with E-state index in [1.54, 1.807) is 11.3 Å². The van der Waals surface area contributed by atoms with E-state index in [0.717, 1.165) is 13.1 Å². The SMILES string of the molecule is Brc1ccc(CNCc2csc3ccccc23)s1. The van der Waals surface area contributed by atoms with Crippen LogP contribution >= 0.6 is 38.6 Å². The first kappa shape index (κ1) is 12.4. The van der Waals surface area contributed by atoms with Gasteiger partial charge in [0.05, 0.1) is 3.79 Å². The number of hydrogen-bond acceptors (Lipinski definition) is 3. The van der Waals surface area contributed by atoms with Crippen LogP contribution in [0.5, 0.6) is 0 Å². The lowest BCUT2D eigenvalue weighted by atomic mass is 10.2. The third kappa shape index (κ3) is 2.67. The van der Waals surface area contributed by atoms with Crippen molar-refractivity contribution in [3.63, 3.8) is 0 Å². The topological polar surface area (TPSA) is 12.0 Å². The molecule has 92 valence electrons. The minimum atomic E-state index is 0.930. The lowest BCUT2D eigenvalue weighted by molar-refractivity contribution is 0.705. The van der Waals surface area contributed by atoms with Gasteiger partial charge in [-0.25, -0.2) is 0 Å². The van der Waals surface area contributed by atoms with Gasteiger partial charge in [-0.3, -0.25) is 0 Å². The van der Waals surface area contributed by atoms with Gasteiger partial charge in [-0.2, -0.15) is 0 Å². The van der Waals surface area contributed by atoms with E-state index in [-0.39, 0.29) is 0 Å². The molecule has 3 rings (SSSR count). The molecule has 0 aliphatic heterocycles. The fourth-order valence-electron chi connectivity index (χ4n) is 1.94. The summed E-state index contributed by atoms with van der Waals surface area (Å²) in [5, 5.41) is 7.13. The van der Waals surface area contributed by atoms with Crippen molar-refractivity contribution in [1.82, 2.24) is 5.32 Å². The molecule has 0 fully saturated rings. The number of nitrogens with one attached hydrogen (secondary N) is 1. The van der Waals surface area contributed by atoms with Gasteiger partial charge in [0, 0.05) is 22.7 Å². The van der Waals surface area contributed by atoms with Crippen LogP contribution in [0.2, 0.25) is 0 Å². The van der Waals surface area contributed by atoms with Gasteiger partial charge in [0.25, 0.3) is 0 Å². The molecule has 4 heteroatoms. The molecule has 18 heavy (non-hydrogen) atoms. The molecule has 0 spiro atoms. The van der Waals surface area contributed by atoms with Gasteiger partial charge in [-0.15, -0.1) is 22.7 Å². The highest BCUT2D eigenvalue weighted by Gasteiger charge is 2.03. The molecule has 0 saturated heterocycles. The number of fused-ring (bicyclic) bond motifs is 1. The first-order valence-corrected chi connectivity index (χ1v) is 8.22. The number of benzene rings is 1. The van der Waals surface area contributed by atoms with Crippen molar-refractivity contribution in [3.8, 4) is 0 Å². The molecule has 1 aromatic carbocycles. The summed E-state index contributed by atoms with van der Waals surface area (Å²) in [4.78, 5) is 1.36. The van der Waals surface area contributed by atoms with Gasteiger partial charge in [0.15, 0.2) is 0 Å². The summed E-state index contributed by atoms with van der Waals surface area (Å²) in [5.41, 5.74) is 1.39. The van der Waals surface area contributed by atoms with Crippen LogP contribution in [0, 0.1) is 0 Å². The number of halogens is 1. The third-order valence-corrected chi connectivity index (χ3v) is 5.44. The van der Waals surface area contributed by atoms with Crippen LogP contribution in [0.1, 0.15) is 10.4 Å². The molecule has 2 aromatic heterocycles. The van der Waals surface area contributed by atoms with Crippen LogP contribution < -0.4 is 5.32 Å². The predicted molar refractivity (Wildman–Crippen MR) is 84.4 cm³/mol. The fraction of sp³-hybridized carbons (Fsp3) is 0.143. The first-order valence-electron chi connectivity index (χ1n) is 5.73. The van der Waals surface area contributed by atoms with Crippen LogP contribution in [0.3, 0.4) is 0 Å². The van der Waals surface area contributed by atoms with E-state index in [1.807, 2.05) is 11.3 Å². The van der Waals surface area contributed by atoms with Gasteiger partial charge in [0.2, 0.25) is 0 Å². The van der Waals surface area contributed by atoms with Gasteiger partial charge >= 0.3 is 0 Å². The third-order valence-electron chi connectivity index (χ3n) is 2.80. The zero-order chi connectivity index (χ0) is 12.4. The van der Waals surface area contributed by atoms with Gasteiger partial charge in [-0.1, -0.05) is 18.2 Å². The van der Waals surface area contributed by atoms with E-state index in [1.165, 1.54) is 24.3 Å². The summed E-state index contributed by atoms with van der Waals surface area (Å²) < 4.78 is 2.56. The Kier molecular flexibility index (Phi) is 3.80. The molecule has 0 radical (unpaired) electrons. The molecule has 1 nitrogen and oxygen atoms in total. The molecular weight excluding hydrogens is 326 g/mol. The second-order valence-corrected chi connectivity index (χ2v) is 7.53. The normalized spacial score (nSPS) is 11.2. The highest BCUT2D eigenvalue weighted by Crippen LogP contribution is 2.26. The molecule has 3 aromatic rings. The Morgan fingerprint density at radius 3 is 2.78 bits per heavy atom. The number of hydrogen-bond donors (Lipinski definition) is 1. The average molecular weight is 338 g/mol. The highest BCUT2D eigenvalue weighted by molar-refractivity contribution is 9.11. The van der Waals surface area contributed by atoms with Crippen LogP contribution in [0.4, 0.5) is 0 Å². The van der Waals surface area contributed by atoms with Crippen molar-refractivity contribution in [3.05, 3.63) is 56.0 Å². The lowest BCUT2D eigenvalue weighted by Crippen LogP contribution is -2.11. The summed E-state index contributed by atoms with van der Waals surface area (Å²) in [5.74, 6) is 0. The van der Waals surface area contributed by atoms with Crippen molar-refractivity contribution in [1.29, 1.82) is 0 Å². The monoisotopic (exact) mass is 337 g/mol. The Morgan fingerprint density at radius 2 is 1.94 bits per heavy atom. The van der Waals surface area contributed by atoms with Crippen molar-refractivity contribution >= 4 is 48.7 Å². The summed E-state index contributed by atoms with van der Waals surface area (Å²) in [7, 11) is 0.